The van der Waals surface area contributed by atoms with E-state index in [1.807, 2.05) is 10.6 Å². The average Bonchev–Trinajstić information content (AvgIpc) is 2.82. The third-order valence-corrected chi connectivity index (χ3v) is 2.90. The molecule has 0 atom stereocenters. The van der Waals surface area contributed by atoms with Crippen molar-refractivity contribution in [3.05, 3.63) is 18.6 Å². The molecule has 18 heavy (non-hydrogen) atoms. The zero-order chi connectivity index (χ0) is 13.0. The molecule has 0 aliphatic carbocycles. The molecule has 6 nitrogen and oxygen atoms in total. The Hall–Kier alpha value is -1.82. The van der Waals surface area contributed by atoms with E-state index in [1.54, 1.807) is 12.4 Å². The number of anilines is 1. The number of imidazole rings is 1. The van der Waals surface area contributed by atoms with Crippen molar-refractivity contribution >= 4 is 11.5 Å². The lowest BCUT2D eigenvalue weighted by atomic mass is 10.5. The highest BCUT2D eigenvalue weighted by atomic mass is 16.5. The molecule has 0 aromatic carbocycles. The first kappa shape index (κ1) is 12.6. The number of nitrogens with two attached hydrogens (primary N) is 1. The molecule has 0 aliphatic rings. The summed E-state index contributed by atoms with van der Waals surface area (Å²) < 4.78 is 7.49. The van der Waals surface area contributed by atoms with Crippen LogP contribution in [0.1, 0.15) is 13.8 Å². The predicted octanol–water partition coefficient (Wildman–Crippen LogP) is 1.03. The highest BCUT2D eigenvalue weighted by Gasteiger charge is 2.08. The van der Waals surface area contributed by atoms with Gasteiger partial charge in [-0.2, -0.15) is 4.98 Å². The lowest BCUT2D eigenvalue weighted by molar-refractivity contribution is 0.219. The van der Waals surface area contributed by atoms with Gasteiger partial charge in [-0.25, -0.2) is 4.98 Å². The Bertz CT molecular complexity index is 506. The Morgan fingerprint density at radius 2 is 2.17 bits per heavy atom. The molecule has 0 saturated carbocycles. The number of likely N-dealkylation sites (N-methyl/N-ethyl adjacent to an activating group) is 1. The van der Waals surface area contributed by atoms with Gasteiger partial charge in [-0.05, 0) is 13.1 Å². The van der Waals surface area contributed by atoms with Gasteiger partial charge in [0, 0.05) is 18.9 Å². The molecule has 0 bridgehead atoms. The maximum atomic E-state index is 5.72. The number of aromatic nitrogens is 3. The first-order valence-corrected chi connectivity index (χ1v) is 6.19. The average molecular weight is 249 g/mol. The van der Waals surface area contributed by atoms with Gasteiger partial charge in [-0.15, -0.1) is 0 Å². The lowest BCUT2D eigenvalue weighted by Gasteiger charge is -2.17. The van der Waals surface area contributed by atoms with Gasteiger partial charge < -0.3 is 15.4 Å². The molecule has 2 N–H and O–H groups in total. The fraction of sp³-hybridized carbons (Fsp3) is 0.500. The van der Waals surface area contributed by atoms with Crippen molar-refractivity contribution in [2.45, 2.75) is 13.8 Å². The molecule has 0 spiro atoms. The number of fused-ring (bicyclic) bond motifs is 1. The second kappa shape index (κ2) is 5.68. The molecule has 6 heteroatoms. The smallest absolute Gasteiger partial charge is 0.260 e. The monoisotopic (exact) mass is 249 g/mol. The predicted molar refractivity (Wildman–Crippen MR) is 70.7 cm³/mol. The summed E-state index contributed by atoms with van der Waals surface area (Å²) in [6.45, 7) is 7.76. The molecule has 2 rings (SSSR count). The van der Waals surface area contributed by atoms with E-state index in [9.17, 15) is 0 Å². The van der Waals surface area contributed by atoms with Crippen molar-refractivity contribution in [3.63, 3.8) is 0 Å². The van der Waals surface area contributed by atoms with Crippen LogP contribution in [0, 0.1) is 0 Å². The van der Waals surface area contributed by atoms with E-state index in [2.05, 4.69) is 28.7 Å². The first-order chi connectivity index (χ1) is 8.74. The van der Waals surface area contributed by atoms with Crippen LogP contribution in [0.25, 0.3) is 5.65 Å². The Labute approximate surface area is 106 Å². The highest BCUT2D eigenvalue weighted by Crippen LogP contribution is 2.16. The number of hydrogen-bond donors (Lipinski definition) is 1. The molecular formula is C12H19N5O. The van der Waals surface area contributed by atoms with Crippen LogP contribution < -0.4 is 10.5 Å². The van der Waals surface area contributed by atoms with Gasteiger partial charge >= 0.3 is 0 Å². The Morgan fingerprint density at radius 1 is 1.39 bits per heavy atom. The van der Waals surface area contributed by atoms with E-state index < -0.39 is 0 Å². The van der Waals surface area contributed by atoms with Gasteiger partial charge in [0.25, 0.3) is 5.88 Å². The van der Waals surface area contributed by atoms with Crippen molar-refractivity contribution in [2.75, 3.05) is 32.0 Å². The summed E-state index contributed by atoms with van der Waals surface area (Å²) in [5, 5.41) is 0. The fourth-order valence-corrected chi connectivity index (χ4v) is 1.83. The molecule has 0 amide bonds. The van der Waals surface area contributed by atoms with E-state index in [0.717, 1.165) is 19.6 Å². The van der Waals surface area contributed by atoms with Gasteiger partial charge in [0.15, 0.2) is 0 Å². The summed E-state index contributed by atoms with van der Waals surface area (Å²) in [6.07, 6.45) is 5.25. The number of hydrogen-bond acceptors (Lipinski definition) is 5. The summed E-state index contributed by atoms with van der Waals surface area (Å²) in [6, 6.07) is 0. The van der Waals surface area contributed by atoms with Gasteiger partial charge in [0.2, 0.25) is 5.65 Å². The van der Waals surface area contributed by atoms with Crippen LogP contribution in [0.3, 0.4) is 0 Å². The Balaban J connectivity index is 2.05. The van der Waals surface area contributed by atoms with E-state index in [1.165, 1.54) is 0 Å². The van der Waals surface area contributed by atoms with Crippen LogP contribution in [0.15, 0.2) is 18.6 Å². The summed E-state index contributed by atoms with van der Waals surface area (Å²) in [5.74, 6) is 0.922. The third kappa shape index (κ3) is 2.70. The van der Waals surface area contributed by atoms with E-state index in [-0.39, 0.29) is 0 Å². The standard InChI is InChI=1S/C12H19N5O/c1-3-16(4-2)7-8-18-12-11-14-5-6-17(11)9-10(13)15-12/h5-6,9H,3-4,7-8,13H2,1-2H3. The molecule has 2 heterocycles. The topological polar surface area (TPSA) is 68.7 Å². The summed E-state index contributed by atoms with van der Waals surface area (Å²) in [5.41, 5.74) is 6.42. The zero-order valence-electron chi connectivity index (χ0n) is 10.8. The molecule has 0 fully saturated rings. The molecule has 0 aliphatic heterocycles. The number of nitrogen functional groups attached to an aromatic ring is 1. The number of ether oxygens (including phenoxy) is 1. The second-order valence-corrected chi connectivity index (χ2v) is 4.00. The van der Waals surface area contributed by atoms with Crippen molar-refractivity contribution in [1.82, 2.24) is 19.3 Å². The van der Waals surface area contributed by atoms with E-state index >= 15 is 0 Å². The first-order valence-electron chi connectivity index (χ1n) is 6.19. The van der Waals surface area contributed by atoms with Gasteiger partial charge in [-0.1, -0.05) is 13.8 Å². The fourth-order valence-electron chi connectivity index (χ4n) is 1.83. The normalized spacial score (nSPS) is 11.3. The molecule has 0 radical (unpaired) electrons. The van der Waals surface area contributed by atoms with Crippen molar-refractivity contribution < 1.29 is 4.74 Å². The van der Waals surface area contributed by atoms with Crippen LogP contribution in [0.5, 0.6) is 5.88 Å². The SMILES string of the molecule is CCN(CC)CCOc1nc(N)cn2ccnc12. The summed E-state index contributed by atoms with van der Waals surface area (Å²) in [7, 11) is 0. The molecule has 0 unspecified atom stereocenters. The maximum Gasteiger partial charge on any atom is 0.260 e. The highest BCUT2D eigenvalue weighted by molar-refractivity contribution is 5.52. The van der Waals surface area contributed by atoms with Crippen molar-refractivity contribution in [3.8, 4) is 5.88 Å². The number of nitrogens with zero attached hydrogens (tertiary/aromatic N) is 4. The number of rotatable bonds is 6. The minimum Gasteiger partial charge on any atom is -0.474 e. The summed E-state index contributed by atoms with van der Waals surface area (Å²) in [4.78, 5) is 10.7. The van der Waals surface area contributed by atoms with Crippen LogP contribution in [0.2, 0.25) is 0 Å². The lowest BCUT2D eigenvalue weighted by Crippen LogP contribution is -2.28. The van der Waals surface area contributed by atoms with Gasteiger partial charge in [-0.3, -0.25) is 4.40 Å². The molecular weight excluding hydrogens is 230 g/mol. The summed E-state index contributed by atoms with van der Waals surface area (Å²) >= 11 is 0. The van der Waals surface area contributed by atoms with Crippen LogP contribution in [0.4, 0.5) is 5.82 Å². The molecule has 2 aromatic rings. The van der Waals surface area contributed by atoms with Crippen LogP contribution >= 0.6 is 0 Å². The van der Waals surface area contributed by atoms with Crippen LogP contribution in [-0.4, -0.2) is 45.5 Å². The van der Waals surface area contributed by atoms with E-state index in [4.69, 9.17) is 10.5 Å². The Morgan fingerprint density at radius 3 is 2.89 bits per heavy atom. The van der Waals surface area contributed by atoms with Gasteiger partial charge in [0.05, 0.1) is 6.20 Å². The maximum absolute atomic E-state index is 5.72. The minimum atomic E-state index is 0.429. The third-order valence-electron chi connectivity index (χ3n) is 2.90. The Kier molecular flexibility index (Phi) is 3.99. The van der Waals surface area contributed by atoms with E-state index in [0.29, 0.717) is 24.0 Å². The molecule has 98 valence electrons. The van der Waals surface area contributed by atoms with Crippen molar-refractivity contribution in [1.29, 1.82) is 0 Å². The molecule has 2 aromatic heterocycles. The zero-order valence-corrected chi connectivity index (χ0v) is 10.8. The minimum absolute atomic E-state index is 0.429. The van der Waals surface area contributed by atoms with Crippen LogP contribution in [-0.2, 0) is 0 Å². The largest absolute Gasteiger partial charge is 0.474 e. The quantitative estimate of drug-likeness (QED) is 0.828. The molecule has 0 saturated heterocycles. The van der Waals surface area contributed by atoms with Crippen molar-refractivity contribution in [2.24, 2.45) is 0 Å². The second-order valence-electron chi connectivity index (χ2n) is 4.00. The van der Waals surface area contributed by atoms with Gasteiger partial charge in [0.1, 0.15) is 12.4 Å².